The zero-order chi connectivity index (χ0) is 23.5. The average Bonchev–Trinajstić information content (AvgIpc) is 3.30. The molecule has 0 saturated heterocycles. The summed E-state index contributed by atoms with van der Waals surface area (Å²) in [6.07, 6.45) is 0. The number of ether oxygens (including phenoxy) is 2. The minimum absolute atomic E-state index is 0.105. The standard InChI is InChI=1S/C24H23N3O5S/c1-26-23-19(22(29)27(24(26)30)14-16-5-4-6-18(11-16)32-3)12-20(33-23)21(28)25-13-15-7-9-17(31-2)10-8-15/h4-12H,13-14H2,1-3H3,(H,25,28). The Bertz CT molecular complexity index is 1430. The van der Waals surface area contributed by atoms with Crippen LogP contribution < -0.4 is 26.0 Å². The smallest absolute Gasteiger partial charge is 0.332 e. The lowest BCUT2D eigenvalue weighted by atomic mass is 10.2. The van der Waals surface area contributed by atoms with E-state index in [0.717, 1.165) is 28.2 Å². The molecule has 1 amide bonds. The predicted molar refractivity (Wildman–Crippen MR) is 128 cm³/mol. The van der Waals surface area contributed by atoms with Gasteiger partial charge < -0.3 is 14.8 Å². The molecule has 0 unspecified atom stereocenters. The third kappa shape index (κ3) is 4.54. The van der Waals surface area contributed by atoms with Gasteiger partial charge in [0.25, 0.3) is 11.5 Å². The van der Waals surface area contributed by atoms with Gasteiger partial charge in [0.15, 0.2) is 0 Å². The maximum absolute atomic E-state index is 13.1. The first kappa shape index (κ1) is 22.3. The molecule has 1 N–H and O–H groups in total. The number of aromatic nitrogens is 2. The van der Waals surface area contributed by atoms with Crippen molar-refractivity contribution < 1.29 is 14.3 Å². The summed E-state index contributed by atoms with van der Waals surface area (Å²) in [5, 5.41) is 3.19. The summed E-state index contributed by atoms with van der Waals surface area (Å²) < 4.78 is 12.9. The minimum Gasteiger partial charge on any atom is -0.497 e. The quantitative estimate of drug-likeness (QED) is 0.453. The van der Waals surface area contributed by atoms with Gasteiger partial charge in [-0.3, -0.25) is 18.7 Å². The van der Waals surface area contributed by atoms with Crippen LogP contribution in [-0.2, 0) is 20.1 Å². The van der Waals surface area contributed by atoms with E-state index in [1.807, 2.05) is 30.3 Å². The van der Waals surface area contributed by atoms with Gasteiger partial charge in [0.05, 0.1) is 31.0 Å². The van der Waals surface area contributed by atoms with E-state index >= 15 is 0 Å². The Morgan fingerprint density at radius 1 is 0.970 bits per heavy atom. The minimum atomic E-state index is -0.442. The molecule has 0 atom stereocenters. The van der Waals surface area contributed by atoms with E-state index in [1.165, 1.54) is 9.13 Å². The molecular weight excluding hydrogens is 442 g/mol. The summed E-state index contributed by atoms with van der Waals surface area (Å²) in [5.74, 6) is 1.07. The molecule has 4 aromatic rings. The van der Waals surface area contributed by atoms with Crippen LogP contribution in [0.2, 0.25) is 0 Å². The number of fused-ring (bicyclic) bond motifs is 1. The molecule has 0 saturated carbocycles. The van der Waals surface area contributed by atoms with Gasteiger partial charge in [-0.15, -0.1) is 11.3 Å². The van der Waals surface area contributed by atoms with E-state index in [2.05, 4.69) is 5.32 Å². The second-order valence-corrected chi connectivity index (χ2v) is 8.48. The third-order valence-corrected chi connectivity index (χ3v) is 6.53. The largest absolute Gasteiger partial charge is 0.497 e. The molecule has 4 rings (SSSR count). The van der Waals surface area contributed by atoms with Gasteiger partial charge >= 0.3 is 5.69 Å². The Balaban J connectivity index is 1.61. The van der Waals surface area contributed by atoms with E-state index in [-0.39, 0.29) is 12.5 Å². The van der Waals surface area contributed by atoms with Gasteiger partial charge in [0.1, 0.15) is 16.3 Å². The summed E-state index contributed by atoms with van der Waals surface area (Å²) >= 11 is 1.12. The van der Waals surface area contributed by atoms with Crippen LogP contribution in [0.15, 0.2) is 64.2 Å². The van der Waals surface area contributed by atoms with E-state index in [9.17, 15) is 14.4 Å². The molecule has 0 aliphatic rings. The third-order valence-electron chi connectivity index (χ3n) is 5.32. The Kier molecular flexibility index (Phi) is 6.32. The first-order valence-electron chi connectivity index (χ1n) is 10.2. The second kappa shape index (κ2) is 9.33. The van der Waals surface area contributed by atoms with E-state index in [4.69, 9.17) is 9.47 Å². The molecule has 2 aromatic carbocycles. The van der Waals surface area contributed by atoms with Gasteiger partial charge in [0.2, 0.25) is 0 Å². The molecule has 0 fully saturated rings. The molecule has 0 spiro atoms. The van der Waals surface area contributed by atoms with Crippen molar-refractivity contribution in [3.8, 4) is 11.5 Å². The van der Waals surface area contributed by atoms with Crippen molar-refractivity contribution in [2.24, 2.45) is 7.05 Å². The van der Waals surface area contributed by atoms with E-state index in [1.54, 1.807) is 45.5 Å². The van der Waals surface area contributed by atoms with Gasteiger partial charge in [-0.05, 0) is 41.5 Å². The SMILES string of the molecule is COc1ccc(CNC(=O)c2cc3c(=O)n(Cc4cccc(OC)c4)c(=O)n(C)c3s2)cc1. The number of carbonyl (C=O) groups excluding carboxylic acids is 1. The molecule has 2 heterocycles. The fraction of sp³-hybridized carbons (Fsp3) is 0.208. The van der Waals surface area contributed by atoms with Crippen LogP contribution in [-0.4, -0.2) is 29.3 Å². The highest BCUT2D eigenvalue weighted by molar-refractivity contribution is 7.20. The van der Waals surface area contributed by atoms with Crippen molar-refractivity contribution in [1.82, 2.24) is 14.5 Å². The predicted octanol–water partition coefficient (Wildman–Crippen LogP) is 2.76. The van der Waals surface area contributed by atoms with Crippen LogP contribution in [0.25, 0.3) is 10.2 Å². The summed E-state index contributed by atoms with van der Waals surface area (Å²) in [6.45, 7) is 0.434. The second-order valence-electron chi connectivity index (χ2n) is 7.44. The Morgan fingerprint density at radius 3 is 2.39 bits per heavy atom. The summed E-state index contributed by atoms with van der Waals surface area (Å²) in [7, 11) is 4.75. The number of thiophene rings is 1. The number of aryl methyl sites for hydroxylation is 1. The molecule has 33 heavy (non-hydrogen) atoms. The number of amides is 1. The van der Waals surface area contributed by atoms with Gasteiger partial charge in [0, 0.05) is 13.6 Å². The number of hydrogen-bond acceptors (Lipinski definition) is 6. The molecule has 0 radical (unpaired) electrons. The Labute approximate surface area is 193 Å². The molecule has 8 nitrogen and oxygen atoms in total. The zero-order valence-corrected chi connectivity index (χ0v) is 19.3. The normalized spacial score (nSPS) is 10.9. The number of carbonyl (C=O) groups is 1. The van der Waals surface area contributed by atoms with Crippen LogP contribution in [0.3, 0.4) is 0 Å². The summed E-state index contributed by atoms with van der Waals surface area (Å²) in [5.41, 5.74) is 0.808. The lowest BCUT2D eigenvalue weighted by Gasteiger charge is -2.09. The topological polar surface area (TPSA) is 91.6 Å². The number of nitrogens with one attached hydrogen (secondary N) is 1. The lowest BCUT2D eigenvalue weighted by molar-refractivity contribution is 0.0955. The van der Waals surface area contributed by atoms with Crippen LogP contribution in [0.5, 0.6) is 11.5 Å². The van der Waals surface area contributed by atoms with Gasteiger partial charge in [-0.1, -0.05) is 24.3 Å². The van der Waals surface area contributed by atoms with Crippen LogP contribution in [0, 0.1) is 0 Å². The highest BCUT2D eigenvalue weighted by atomic mass is 32.1. The van der Waals surface area contributed by atoms with Crippen molar-refractivity contribution in [2.45, 2.75) is 13.1 Å². The maximum Gasteiger partial charge on any atom is 0.332 e. The first-order valence-corrected chi connectivity index (χ1v) is 11.0. The first-order chi connectivity index (χ1) is 15.9. The lowest BCUT2D eigenvalue weighted by Crippen LogP contribution is -2.38. The fourth-order valence-corrected chi connectivity index (χ4v) is 4.52. The molecule has 2 aromatic heterocycles. The molecular formula is C24H23N3O5S. The molecule has 0 aliphatic heterocycles. The fourth-order valence-electron chi connectivity index (χ4n) is 3.50. The number of hydrogen-bond donors (Lipinski definition) is 1. The monoisotopic (exact) mass is 465 g/mol. The molecule has 9 heteroatoms. The van der Waals surface area contributed by atoms with Gasteiger partial charge in [-0.2, -0.15) is 0 Å². The van der Waals surface area contributed by atoms with E-state index in [0.29, 0.717) is 27.4 Å². The number of nitrogens with zero attached hydrogens (tertiary/aromatic N) is 2. The molecule has 170 valence electrons. The summed E-state index contributed by atoms with van der Waals surface area (Å²) in [4.78, 5) is 39.6. The highest BCUT2D eigenvalue weighted by Crippen LogP contribution is 2.22. The van der Waals surface area contributed by atoms with E-state index < -0.39 is 11.2 Å². The molecule has 0 aliphatic carbocycles. The van der Waals surface area contributed by atoms with Crippen molar-refractivity contribution in [1.29, 1.82) is 0 Å². The average molecular weight is 466 g/mol. The van der Waals surface area contributed by atoms with Crippen molar-refractivity contribution in [2.75, 3.05) is 14.2 Å². The number of benzene rings is 2. The highest BCUT2D eigenvalue weighted by Gasteiger charge is 2.18. The zero-order valence-electron chi connectivity index (χ0n) is 18.5. The number of rotatable bonds is 7. The molecule has 0 bridgehead atoms. The van der Waals surface area contributed by atoms with Crippen molar-refractivity contribution in [3.63, 3.8) is 0 Å². The van der Waals surface area contributed by atoms with Crippen molar-refractivity contribution >= 4 is 27.5 Å². The Morgan fingerprint density at radius 2 is 1.70 bits per heavy atom. The van der Waals surface area contributed by atoms with Crippen LogP contribution in [0.4, 0.5) is 0 Å². The van der Waals surface area contributed by atoms with Crippen molar-refractivity contribution in [3.05, 3.63) is 91.4 Å². The number of methoxy groups -OCH3 is 2. The Hall–Kier alpha value is -3.85. The van der Waals surface area contributed by atoms with Gasteiger partial charge in [-0.25, -0.2) is 4.79 Å². The summed E-state index contributed by atoms with van der Waals surface area (Å²) in [6, 6.07) is 16.1. The van der Waals surface area contributed by atoms with Crippen LogP contribution in [0.1, 0.15) is 20.8 Å². The van der Waals surface area contributed by atoms with Crippen LogP contribution >= 0.6 is 11.3 Å². The maximum atomic E-state index is 13.1.